The molecule has 0 saturated carbocycles. The quantitative estimate of drug-likeness (QED) is 0.707. The van der Waals surface area contributed by atoms with Crippen LogP contribution in [0.15, 0.2) is 36.7 Å². The molecule has 0 saturated heterocycles. The minimum Gasteiger partial charge on any atom is -0.328 e. The summed E-state index contributed by atoms with van der Waals surface area (Å²) in [7, 11) is 0. The molecule has 0 aliphatic rings. The maximum absolute atomic E-state index is 4.63. The fourth-order valence-electron chi connectivity index (χ4n) is 1.93. The summed E-state index contributed by atoms with van der Waals surface area (Å²) < 4.78 is 3.42. The number of imidazole rings is 1. The van der Waals surface area contributed by atoms with E-state index in [1.807, 2.05) is 18.5 Å². The summed E-state index contributed by atoms with van der Waals surface area (Å²) in [5.74, 6) is 1.12. The van der Waals surface area contributed by atoms with Gasteiger partial charge in [-0.05, 0) is 12.1 Å². The molecule has 0 amide bonds. The van der Waals surface area contributed by atoms with Gasteiger partial charge in [0.1, 0.15) is 10.8 Å². The number of hydrogen-bond acceptors (Lipinski definition) is 3. The van der Waals surface area contributed by atoms with Gasteiger partial charge in [0.2, 0.25) is 0 Å². The van der Waals surface area contributed by atoms with Crippen LogP contribution >= 0.6 is 11.3 Å². The number of benzene rings is 1. The minimum atomic E-state index is 0.822. The fraction of sp³-hybridized carbons (Fsp3) is 0.231. The highest BCUT2D eigenvalue weighted by molar-refractivity contribution is 7.18. The highest BCUT2D eigenvalue weighted by atomic mass is 32.1. The van der Waals surface area contributed by atoms with Crippen LogP contribution in [-0.2, 0) is 13.0 Å². The van der Waals surface area contributed by atoms with Crippen molar-refractivity contribution in [2.24, 2.45) is 0 Å². The van der Waals surface area contributed by atoms with E-state index in [0.717, 1.165) is 29.3 Å². The number of fused-ring (bicyclic) bond motifs is 1. The molecule has 17 heavy (non-hydrogen) atoms. The fourth-order valence-corrected chi connectivity index (χ4v) is 2.90. The second-order valence-electron chi connectivity index (χ2n) is 3.90. The Balaban J connectivity index is 1.94. The van der Waals surface area contributed by atoms with Gasteiger partial charge in [-0.1, -0.05) is 19.1 Å². The average molecular weight is 243 g/mol. The highest BCUT2D eigenvalue weighted by Crippen LogP contribution is 2.22. The Kier molecular flexibility index (Phi) is 2.65. The molecule has 3 nitrogen and oxygen atoms in total. The van der Waals surface area contributed by atoms with Crippen LogP contribution in [0.3, 0.4) is 0 Å². The zero-order valence-electron chi connectivity index (χ0n) is 9.63. The Labute approximate surface area is 104 Å². The van der Waals surface area contributed by atoms with Gasteiger partial charge in [0.15, 0.2) is 0 Å². The van der Waals surface area contributed by atoms with Crippen molar-refractivity contribution in [3.05, 3.63) is 47.5 Å². The molecule has 0 radical (unpaired) electrons. The van der Waals surface area contributed by atoms with Crippen LogP contribution in [0.25, 0.3) is 10.2 Å². The summed E-state index contributed by atoms with van der Waals surface area (Å²) in [5, 5.41) is 1.14. The third-order valence-corrected chi connectivity index (χ3v) is 3.78. The first-order valence-electron chi connectivity index (χ1n) is 5.71. The largest absolute Gasteiger partial charge is 0.328 e. The van der Waals surface area contributed by atoms with Gasteiger partial charge in [-0.3, -0.25) is 0 Å². The average Bonchev–Trinajstić information content (AvgIpc) is 2.94. The number of para-hydroxylation sites is 1. The number of hydrogen-bond donors (Lipinski definition) is 0. The smallest absolute Gasteiger partial charge is 0.114 e. The molecule has 0 bridgehead atoms. The molecule has 2 heterocycles. The Morgan fingerprint density at radius 2 is 2.18 bits per heavy atom. The van der Waals surface area contributed by atoms with Gasteiger partial charge < -0.3 is 4.57 Å². The monoisotopic (exact) mass is 243 g/mol. The van der Waals surface area contributed by atoms with Crippen molar-refractivity contribution in [2.45, 2.75) is 19.9 Å². The standard InChI is InChI=1S/C13H13N3S/c1-2-12-14-7-8-16(12)9-13-15-10-5-3-4-6-11(10)17-13/h3-8H,2,9H2,1H3. The lowest BCUT2D eigenvalue weighted by molar-refractivity contribution is 0.729. The van der Waals surface area contributed by atoms with Crippen LogP contribution in [0.5, 0.6) is 0 Å². The first kappa shape index (κ1) is 10.5. The number of aromatic nitrogens is 3. The molecule has 3 rings (SSSR count). The zero-order chi connectivity index (χ0) is 11.7. The van der Waals surface area contributed by atoms with Crippen molar-refractivity contribution in [3.8, 4) is 0 Å². The van der Waals surface area contributed by atoms with Gasteiger partial charge in [-0.2, -0.15) is 0 Å². The molecule has 0 aliphatic heterocycles. The molecule has 0 spiro atoms. The molecule has 0 fully saturated rings. The summed E-state index contributed by atoms with van der Waals surface area (Å²) in [4.78, 5) is 8.96. The third kappa shape index (κ3) is 1.96. The van der Waals surface area contributed by atoms with Crippen LogP contribution in [0.4, 0.5) is 0 Å². The van der Waals surface area contributed by atoms with Gasteiger partial charge in [0, 0.05) is 18.8 Å². The van der Waals surface area contributed by atoms with E-state index in [0.29, 0.717) is 0 Å². The summed E-state index contributed by atoms with van der Waals surface area (Å²) in [5.41, 5.74) is 1.09. The molecule has 1 aromatic carbocycles. The Hall–Kier alpha value is -1.68. The maximum atomic E-state index is 4.63. The molecule has 0 aliphatic carbocycles. The second-order valence-corrected chi connectivity index (χ2v) is 5.02. The molecule has 4 heteroatoms. The van der Waals surface area contributed by atoms with Crippen LogP contribution in [-0.4, -0.2) is 14.5 Å². The van der Waals surface area contributed by atoms with E-state index in [1.54, 1.807) is 11.3 Å². The van der Waals surface area contributed by atoms with Crippen LogP contribution < -0.4 is 0 Å². The topological polar surface area (TPSA) is 30.7 Å². The van der Waals surface area contributed by atoms with Gasteiger partial charge >= 0.3 is 0 Å². The first-order valence-corrected chi connectivity index (χ1v) is 6.53. The molecule has 0 atom stereocenters. The Morgan fingerprint density at radius 3 is 3.00 bits per heavy atom. The SMILES string of the molecule is CCc1nccn1Cc1nc2ccccc2s1. The minimum absolute atomic E-state index is 0.822. The van der Waals surface area contributed by atoms with Crippen LogP contribution in [0.2, 0.25) is 0 Å². The number of thiazole rings is 1. The maximum Gasteiger partial charge on any atom is 0.114 e. The zero-order valence-corrected chi connectivity index (χ0v) is 10.4. The molecule has 2 aromatic heterocycles. The van der Waals surface area contributed by atoms with E-state index >= 15 is 0 Å². The first-order chi connectivity index (χ1) is 8.36. The third-order valence-electron chi connectivity index (χ3n) is 2.76. The molecular weight excluding hydrogens is 230 g/mol. The number of rotatable bonds is 3. The van der Waals surface area contributed by atoms with Crippen LogP contribution in [0, 0.1) is 0 Å². The highest BCUT2D eigenvalue weighted by Gasteiger charge is 2.06. The summed E-state index contributed by atoms with van der Waals surface area (Å²) in [6.07, 6.45) is 4.83. The Morgan fingerprint density at radius 1 is 1.29 bits per heavy atom. The van der Waals surface area contributed by atoms with E-state index in [4.69, 9.17) is 0 Å². The molecule has 0 unspecified atom stereocenters. The van der Waals surface area contributed by atoms with Crippen molar-refractivity contribution >= 4 is 21.6 Å². The predicted octanol–water partition coefficient (Wildman–Crippen LogP) is 3.10. The van der Waals surface area contributed by atoms with Crippen molar-refractivity contribution in [1.82, 2.24) is 14.5 Å². The number of aryl methyl sites for hydroxylation is 1. The molecular formula is C13H13N3S. The van der Waals surface area contributed by atoms with E-state index in [9.17, 15) is 0 Å². The van der Waals surface area contributed by atoms with E-state index in [1.165, 1.54) is 4.70 Å². The molecule has 3 aromatic rings. The van der Waals surface area contributed by atoms with Crippen molar-refractivity contribution in [2.75, 3.05) is 0 Å². The van der Waals surface area contributed by atoms with Crippen molar-refractivity contribution < 1.29 is 0 Å². The van der Waals surface area contributed by atoms with Crippen LogP contribution in [0.1, 0.15) is 17.8 Å². The van der Waals surface area contributed by atoms with E-state index in [-0.39, 0.29) is 0 Å². The Bertz CT molecular complexity index is 606. The van der Waals surface area contributed by atoms with E-state index in [2.05, 4.69) is 39.7 Å². The van der Waals surface area contributed by atoms with Crippen molar-refractivity contribution in [3.63, 3.8) is 0 Å². The summed E-state index contributed by atoms with van der Waals surface area (Å²) in [6.45, 7) is 2.94. The van der Waals surface area contributed by atoms with E-state index < -0.39 is 0 Å². The van der Waals surface area contributed by atoms with Gasteiger partial charge in [-0.15, -0.1) is 11.3 Å². The van der Waals surface area contributed by atoms with Crippen molar-refractivity contribution in [1.29, 1.82) is 0 Å². The molecule has 86 valence electrons. The lowest BCUT2D eigenvalue weighted by atomic mass is 10.3. The second kappa shape index (κ2) is 4.30. The summed E-state index contributed by atoms with van der Waals surface area (Å²) >= 11 is 1.75. The van der Waals surface area contributed by atoms with Gasteiger partial charge in [-0.25, -0.2) is 9.97 Å². The normalized spacial score (nSPS) is 11.1. The van der Waals surface area contributed by atoms with Gasteiger partial charge in [0.05, 0.1) is 16.8 Å². The van der Waals surface area contributed by atoms with Gasteiger partial charge in [0.25, 0.3) is 0 Å². The number of nitrogens with zero attached hydrogens (tertiary/aromatic N) is 3. The lowest BCUT2D eigenvalue weighted by Gasteiger charge is -2.02. The predicted molar refractivity (Wildman–Crippen MR) is 70.3 cm³/mol. The lowest BCUT2D eigenvalue weighted by Crippen LogP contribution is -2.02. The summed E-state index contributed by atoms with van der Waals surface area (Å²) in [6, 6.07) is 8.26. The molecule has 0 N–H and O–H groups in total.